The third-order valence-corrected chi connectivity index (χ3v) is 2.40. The van der Waals surface area contributed by atoms with E-state index in [1.54, 1.807) is 0 Å². The minimum absolute atomic E-state index is 0.207. The van der Waals surface area contributed by atoms with Crippen molar-refractivity contribution in [1.29, 1.82) is 0 Å². The van der Waals surface area contributed by atoms with E-state index in [-0.39, 0.29) is 5.84 Å². The smallest absolute Gasteiger partial charge is 0.204 e. The van der Waals surface area contributed by atoms with Crippen molar-refractivity contribution in [2.45, 2.75) is 19.4 Å². The normalized spacial score (nSPS) is 11.7. The molecule has 94 valence electrons. The van der Waals surface area contributed by atoms with E-state index in [0.717, 1.165) is 5.56 Å². The summed E-state index contributed by atoms with van der Waals surface area (Å²) in [4.78, 5) is 1.51. The molecule has 0 aliphatic carbocycles. The van der Waals surface area contributed by atoms with Crippen LogP contribution < -0.4 is 5.73 Å². The summed E-state index contributed by atoms with van der Waals surface area (Å²) in [6, 6.07) is 9.64. The summed E-state index contributed by atoms with van der Waals surface area (Å²) < 4.78 is 0. The molecule has 0 radical (unpaired) electrons. The van der Waals surface area contributed by atoms with Crippen LogP contribution in [0.3, 0.4) is 0 Å². The van der Waals surface area contributed by atoms with Gasteiger partial charge in [0.2, 0.25) is 5.82 Å². The number of hydrogen-bond acceptors (Lipinski definition) is 5. The number of nitrogens with two attached hydrogens (primary N) is 1. The number of benzene rings is 1. The van der Waals surface area contributed by atoms with Crippen LogP contribution >= 0.6 is 0 Å². The van der Waals surface area contributed by atoms with Gasteiger partial charge in [-0.25, -0.2) is 0 Å². The predicted octanol–water partition coefficient (Wildman–Crippen LogP) is 0.867. The maximum Gasteiger partial charge on any atom is 0.204 e. The van der Waals surface area contributed by atoms with Gasteiger partial charge in [0.25, 0.3) is 0 Å². The van der Waals surface area contributed by atoms with Crippen LogP contribution in [0, 0.1) is 0 Å². The lowest BCUT2D eigenvalue weighted by Gasteiger charge is -1.97. The number of hydrogen-bond donors (Lipinski definition) is 2. The number of oxime groups is 1. The van der Waals surface area contributed by atoms with Gasteiger partial charge in [0.1, 0.15) is 5.84 Å². The Morgan fingerprint density at radius 3 is 2.83 bits per heavy atom. The van der Waals surface area contributed by atoms with Crippen LogP contribution in [-0.2, 0) is 6.54 Å². The molecular weight excluding hydrogens is 232 g/mol. The first-order chi connectivity index (χ1) is 8.79. The molecule has 0 unspecified atom stereocenters. The van der Waals surface area contributed by atoms with E-state index >= 15 is 0 Å². The van der Waals surface area contributed by atoms with Crippen LogP contribution in [0.2, 0.25) is 0 Å². The van der Waals surface area contributed by atoms with E-state index in [0.29, 0.717) is 25.2 Å². The molecule has 0 bridgehead atoms. The zero-order chi connectivity index (χ0) is 12.8. The Hall–Kier alpha value is -2.44. The summed E-state index contributed by atoms with van der Waals surface area (Å²) in [5, 5.41) is 23.5. The number of aryl methyl sites for hydroxylation is 1. The molecule has 0 saturated heterocycles. The third-order valence-electron chi connectivity index (χ3n) is 2.40. The quantitative estimate of drug-likeness (QED) is 0.352. The van der Waals surface area contributed by atoms with Crippen molar-refractivity contribution >= 4 is 5.84 Å². The lowest BCUT2D eigenvalue weighted by molar-refractivity contribution is 0.316. The average molecular weight is 246 g/mol. The molecule has 2 rings (SSSR count). The van der Waals surface area contributed by atoms with Crippen molar-refractivity contribution in [2.75, 3.05) is 0 Å². The van der Waals surface area contributed by atoms with Gasteiger partial charge in [0.15, 0.2) is 0 Å². The molecule has 18 heavy (non-hydrogen) atoms. The van der Waals surface area contributed by atoms with Crippen LogP contribution in [0.15, 0.2) is 35.5 Å². The van der Waals surface area contributed by atoms with Gasteiger partial charge >= 0.3 is 0 Å². The van der Waals surface area contributed by atoms with Crippen LogP contribution in [0.4, 0.5) is 0 Å². The highest BCUT2D eigenvalue weighted by molar-refractivity contribution is 5.79. The SMILES string of the molecule is N/C(CCCn1nnc(-c2ccccc2)n1)=N\O. The molecule has 2 aromatic rings. The van der Waals surface area contributed by atoms with Crippen LogP contribution in [0.25, 0.3) is 11.4 Å². The lowest BCUT2D eigenvalue weighted by Crippen LogP contribution is -2.13. The van der Waals surface area contributed by atoms with Crippen molar-refractivity contribution in [3.8, 4) is 11.4 Å². The molecule has 0 aliphatic rings. The molecule has 1 aromatic carbocycles. The van der Waals surface area contributed by atoms with E-state index < -0.39 is 0 Å². The molecule has 0 fully saturated rings. The Labute approximate surface area is 104 Å². The summed E-state index contributed by atoms with van der Waals surface area (Å²) in [7, 11) is 0. The van der Waals surface area contributed by atoms with E-state index in [1.807, 2.05) is 30.3 Å². The van der Waals surface area contributed by atoms with E-state index in [2.05, 4.69) is 20.6 Å². The molecule has 0 saturated carbocycles. The molecule has 0 atom stereocenters. The first-order valence-corrected chi connectivity index (χ1v) is 5.59. The zero-order valence-electron chi connectivity index (χ0n) is 9.77. The van der Waals surface area contributed by atoms with Gasteiger partial charge in [-0.3, -0.25) is 0 Å². The van der Waals surface area contributed by atoms with Gasteiger partial charge in [-0.05, 0) is 11.6 Å². The molecule has 1 aromatic heterocycles. The monoisotopic (exact) mass is 246 g/mol. The Morgan fingerprint density at radius 2 is 2.11 bits per heavy atom. The number of amidine groups is 1. The number of tetrazole rings is 1. The fourth-order valence-electron chi connectivity index (χ4n) is 1.49. The van der Waals surface area contributed by atoms with Gasteiger partial charge in [-0.2, -0.15) is 4.80 Å². The first-order valence-electron chi connectivity index (χ1n) is 5.59. The van der Waals surface area contributed by atoms with Crippen LogP contribution in [0.1, 0.15) is 12.8 Å². The van der Waals surface area contributed by atoms with E-state index in [9.17, 15) is 0 Å². The highest BCUT2D eigenvalue weighted by Crippen LogP contribution is 2.11. The van der Waals surface area contributed by atoms with E-state index in [4.69, 9.17) is 10.9 Å². The number of aromatic nitrogens is 4. The fraction of sp³-hybridized carbons (Fsp3) is 0.273. The van der Waals surface area contributed by atoms with Gasteiger partial charge in [0, 0.05) is 12.0 Å². The molecule has 0 amide bonds. The van der Waals surface area contributed by atoms with Crippen molar-refractivity contribution < 1.29 is 5.21 Å². The first kappa shape index (κ1) is 12.0. The zero-order valence-corrected chi connectivity index (χ0v) is 9.77. The summed E-state index contributed by atoms with van der Waals surface area (Å²) in [5.41, 5.74) is 6.30. The summed E-state index contributed by atoms with van der Waals surface area (Å²) in [5.74, 6) is 0.804. The number of nitrogens with zero attached hydrogens (tertiary/aromatic N) is 5. The largest absolute Gasteiger partial charge is 0.409 e. The molecule has 1 heterocycles. The molecule has 3 N–H and O–H groups in total. The molecule has 7 heteroatoms. The van der Waals surface area contributed by atoms with Crippen molar-refractivity contribution in [3.05, 3.63) is 30.3 Å². The Balaban J connectivity index is 1.95. The minimum atomic E-state index is 0.207. The second kappa shape index (κ2) is 5.76. The van der Waals surface area contributed by atoms with Crippen LogP contribution in [-0.4, -0.2) is 31.3 Å². The summed E-state index contributed by atoms with van der Waals surface area (Å²) >= 11 is 0. The Bertz CT molecular complexity index is 521. The average Bonchev–Trinajstić information content (AvgIpc) is 2.88. The van der Waals surface area contributed by atoms with Crippen molar-refractivity contribution in [3.63, 3.8) is 0 Å². The maximum absolute atomic E-state index is 8.40. The lowest BCUT2D eigenvalue weighted by atomic mass is 10.2. The minimum Gasteiger partial charge on any atom is -0.409 e. The topological polar surface area (TPSA) is 102 Å². The fourth-order valence-corrected chi connectivity index (χ4v) is 1.49. The van der Waals surface area contributed by atoms with Gasteiger partial charge in [-0.1, -0.05) is 35.5 Å². The predicted molar refractivity (Wildman–Crippen MR) is 65.9 cm³/mol. The maximum atomic E-state index is 8.40. The second-order valence-corrected chi connectivity index (χ2v) is 3.77. The summed E-state index contributed by atoms with van der Waals surface area (Å²) in [6.07, 6.45) is 1.19. The summed E-state index contributed by atoms with van der Waals surface area (Å²) in [6.45, 7) is 0.579. The van der Waals surface area contributed by atoms with Crippen LogP contribution in [0.5, 0.6) is 0 Å². The second-order valence-electron chi connectivity index (χ2n) is 3.77. The third kappa shape index (κ3) is 3.03. The van der Waals surface area contributed by atoms with Crippen molar-refractivity contribution in [2.24, 2.45) is 10.9 Å². The number of rotatable bonds is 5. The Kier molecular flexibility index (Phi) is 3.85. The highest BCUT2D eigenvalue weighted by Gasteiger charge is 2.04. The molecule has 7 nitrogen and oxygen atoms in total. The van der Waals surface area contributed by atoms with Gasteiger partial charge in [0.05, 0.1) is 6.54 Å². The highest BCUT2D eigenvalue weighted by atomic mass is 16.4. The molecule has 0 aliphatic heterocycles. The van der Waals surface area contributed by atoms with Gasteiger partial charge < -0.3 is 10.9 Å². The van der Waals surface area contributed by atoms with Crippen molar-refractivity contribution in [1.82, 2.24) is 20.2 Å². The van der Waals surface area contributed by atoms with Gasteiger partial charge in [-0.15, -0.1) is 10.2 Å². The molecule has 0 spiro atoms. The Morgan fingerprint density at radius 1 is 1.33 bits per heavy atom. The van der Waals surface area contributed by atoms with E-state index in [1.165, 1.54) is 4.80 Å². The standard InChI is InChI=1S/C11H14N6O/c12-10(15-18)7-4-8-17-14-11(13-16-17)9-5-2-1-3-6-9/h1-3,5-6,18H,4,7-8H2,(H2,12,15). The molecular formula is C11H14N6O.